The van der Waals surface area contributed by atoms with Crippen molar-refractivity contribution in [2.24, 2.45) is 0 Å². The van der Waals surface area contributed by atoms with Gasteiger partial charge in [-0.2, -0.15) is 0 Å². The lowest BCUT2D eigenvalue weighted by atomic mass is 10.7. The van der Waals surface area contributed by atoms with Crippen LogP contribution in [0.2, 0.25) is 0 Å². The first-order chi connectivity index (χ1) is 7.81. The monoisotopic (exact) mass is 271 g/mol. The highest BCUT2D eigenvalue weighted by Crippen LogP contribution is 2.31. The van der Waals surface area contributed by atoms with Gasteiger partial charge in [0.05, 0.1) is 0 Å². The van der Waals surface area contributed by atoms with Gasteiger partial charge in [-0.05, 0) is 24.1 Å². The number of rotatable bonds is 4. The first-order valence-electron chi connectivity index (χ1n) is 4.38. The molecule has 0 bridgehead atoms. The summed E-state index contributed by atoms with van der Waals surface area (Å²) in [6.45, 7) is 0. The van der Waals surface area contributed by atoms with E-state index in [-0.39, 0.29) is 0 Å². The van der Waals surface area contributed by atoms with Crippen LogP contribution in [0, 0.1) is 0 Å². The van der Waals surface area contributed by atoms with Crippen molar-refractivity contribution in [3.63, 3.8) is 0 Å². The molecule has 84 valence electrons. The zero-order chi connectivity index (χ0) is 11.4. The molecular formula is C8H9N5S3. The fraction of sp³-hybridized carbons (Fsp3) is 0.250. The van der Waals surface area contributed by atoms with Gasteiger partial charge in [0.25, 0.3) is 0 Å². The fourth-order valence-corrected chi connectivity index (χ4v) is 3.27. The molecule has 5 nitrogen and oxygen atoms in total. The van der Waals surface area contributed by atoms with Crippen molar-refractivity contribution in [2.45, 2.75) is 13.7 Å². The number of aromatic nitrogens is 4. The summed E-state index contributed by atoms with van der Waals surface area (Å²) in [6, 6.07) is 1.85. The van der Waals surface area contributed by atoms with Crippen LogP contribution in [0.1, 0.15) is 0 Å². The van der Waals surface area contributed by atoms with Crippen LogP contribution in [0.25, 0.3) is 0 Å². The number of thioether (sulfide) groups is 1. The molecule has 0 saturated carbocycles. The summed E-state index contributed by atoms with van der Waals surface area (Å²) in [5.74, 6) is 0.611. The third kappa shape index (κ3) is 2.83. The Morgan fingerprint density at radius 1 is 1.31 bits per heavy atom. The number of hydrogen-bond donors (Lipinski definition) is 1. The van der Waals surface area contributed by atoms with Gasteiger partial charge in [0.1, 0.15) is 5.03 Å². The fourth-order valence-electron chi connectivity index (χ4n) is 0.930. The Bertz CT molecular complexity index is 472. The van der Waals surface area contributed by atoms with E-state index in [9.17, 15) is 0 Å². The van der Waals surface area contributed by atoms with Crippen LogP contribution in [-0.4, -0.2) is 33.5 Å². The average molecular weight is 271 g/mol. The summed E-state index contributed by atoms with van der Waals surface area (Å²) in [5, 5.41) is 11.9. The number of nitrogens with one attached hydrogen (secondary N) is 1. The summed E-state index contributed by atoms with van der Waals surface area (Å²) in [5.41, 5.74) is 0. The second kappa shape index (κ2) is 5.46. The summed E-state index contributed by atoms with van der Waals surface area (Å²) in [4.78, 5) is 8.34. The molecule has 0 spiro atoms. The normalized spacial score (nSPS) is 10.4. The predicted molar refractivity (Wildman–Crippen MR) is 67.4 cm³/mol. The third-order valence-electron chi connectivity index (χ3n) is 1.61. The summed E-state index contributed by atoms with van der Waals surface area (Å²) in [6.07, 6.45) is 3.70. The van der Waals surface area contributed by atoms with Gasteiger partial charge in [0, 0.05) is 13.2 Å². The Balaban J connectivity index is 2.13. The molecule has 2 rings (SSSR count). The van der Waals surface area contributed by atoms with Crippen LogP contribution < -0.4 is 5.32 Å². The molecule has 0 fully saturated rings. The minimum Gasteiger partial charge on any atom is -0.357 e. The van der Waals surface area contributed by atoms with Crippen molar-refractivity contribution in [3.8, 4) is 0 Å². The van der Waals surface area contributed by atoms with E-state index >= 15 is 0 Å². The van der Waals surface area contributed by atoms with E-state index in [0.29, 0.717) is 5.95 Å². The van der Waals surface area contributed by atoms with Gasteiger partial charge >= 0.3 is 0 Å². The Hall–Kier alpha value is -0.860. The molecule has 0 aliphatic carbocycles. The standard InChI is InChI=1S/C8H9N5S3/c1-9-6-10-4-3-5(11-6)15-8-13-12-7(14-2)16-8/h3-4H,1-2H3,(H,9,10,11). The SMILES string of the molecule is CNc1nccc(Sc2nnc(SC)s2)n1. The van der Waals surface area contributed by atoms with Crippen LogP contribution in [0.4, 0.5) is 5.95 Å². The quantitative estimate of drug-likeness (QED) is 0.675. The molecule has 2 heterocycles. The van der Waals surface area contributed by atoms with Crippen LogP contribution in [0.3, 0.4) is 0 Å². The molecule has 0 radical (unpaired) electrons. The Labute approximate surface area is 106 Å². The molecule has 0 saturated heterocycles. The molecular weight excluding hydrogens is 262 g/mol. The van der Waals surface area contributed by atoms with Crippen molar-refractivity contribution < 1.29 is 0 Å². The Morgan fingerprint density at radius 2 is 2.12 bits per heavy atom. The summed E-state index contributed by atoms with van der Waals surface area (Å²) < 4.78 is 1.86. The molecule has 8 heteroatoms. The minimum absolute atomic E-state index is 0.611. The average Bonchev–Trinajstić information content (AvgIpc) is 2.77. The van der Waals surface area contributed by atoms with E-state index in [1.165, 1.54) is 11.8 Å². The van der Waals surface area contributed by atoms with Crippen molar-refractivity contribution in [1.82, 2.24) is 20.2 Å². The van der Waals surface area contributed by atoms with E-state index in [4.69, 9.17) is 0 Å². The second-order valence-electron chi connectivity index (χ2n) is 2.61. The zero-order valence-electron chi connectivity index (χ0n) is 8.67. The minimum atomic E-state index is 0.611. The number of hydrogen-bond acceptors (Lipinski definition) is 8. The van der Waals surface area contributed by atoms with Gasteiger partial charge in [0.2, 0.25) is 5.95 Å². The van der Waals surface area contributed by atoms with E-state index in [2.05, 4.69) is 25.5 Å². The maximum Gasteiger partial charge on any atom is 0.223 e. The van der Waals surface area contributed by atoms with Crippen molar-refractivity contribution in [2.75, 3.05) is 18.6 Å². The largest absolute Gasteiger partial charge is 0.357 e. The molecule has 2 aromatic rings. The lowest BCUT2D eigenvalue weighted by molar-refractivity contribution is 0.952. The molecule has 16 heavy (non-hydrogen) atoms. The van der Waals surface area contributed by atoms with Crippen LogP contribution in [0.15, 0.2) is 26.0 Å². The van der Waals surface area contributed by atoms with Crippen LogP contribution in [0.5, 0.6) is 0 Å². The molecule has 0 amide bonds. The van der Waals surface area contributed by atoms with Gasteiger partial charge in [-0.3, -0.25) is 0 Å². The van der Waals surface area contributed by atoms with Crippen LogP contribution in [-0.2, 0) is 0 Å². The highest BCUT2D eigenvalue weighted by atomic mass is 32.2. The maximum atomic E-state index is 4.29. The van der Waals surface area contributed by atoms with Gasteiger partial charge in [0.15, 0.2) is 8.68 Å². The zero-order valence-corrected chi connectivity index (χ0v) is 11.1. The van der Waals surface area contributed by atoms with E-state index in [1.807, 2.05) is 12.3 Å². The number of nitrogens with zero attached hydrogens (tertiary/aromatic N) is 4. The smallest absolute Gasteiger partial charge is 0.223 e. The second-order valence-corrected chi connectivity index (χ2v) is 5.91. The lowest BCUT2D eigenvalue weighted by Gasteiger charge is -1.99. The highest BCUT2D eigenvalue weighted by molar-refractivity contribution is 8.02. The van der Waals surface area contributed by atoms with E-state index in [0.717, 1.165) is 13.7 Å². The molecule has 0 atom stereocenters. The van der Waals surface area contributed by atoms with Crippen molar-refractivity contribution in [1.29, 1.82) is 0 Å². The first kappa shape index (κ1) is 11.6. The molecule has 0 aliphatic rings. The van der Waals surface area contributed by atoms with Gasteiger partial charge < -0.3 is 5.32 Å². The molecule has 1 N–H and O–H groups in total. The van der Waals surface area contributed by atoms with Gasteiger partial charge in [-0.1, -0.05) is 23.1 Å². The van der Waals surface area contributed by atoms with Gasteiger partial charge in [-0.15, -0.1) is 10.2 Å². The Morgan fingerprint density at radius 3 is 2.81 bits per heavy atom. The van der Waals surface area contributed by atoms with Crippen molar-refractivity contribution >= 4 is 40.8 Å². The van der Waals surface area contributed by atoms with Crippen LogP contribution >= 0.6 is 34.9 Å². The highest BCUT2D eigenvalue weighted by Gasteiger charge is 2.06. The maximum absolute atomic E-state index is 4.29. The topological polar surface area (TPSA) is 63.6 Å². The summed E-state index contributed by atoms with van der Waals surface area (Å²) >= 11 is 4.65. The third-order valence-corrected chi connectivity index (χ3v) is 4.49. The molecule has 0 aromatic carbocycles. The Kier molecular flexibility index (Phi) is 3.97. The van der Waals surface area contributed by atoms with Crippen molar-refractivity contribution in [3.05, 3.63) is 12.3 Å². The molecule has 0 unspecified atom stereocenters. The molecule has 2 aromatic heterocycles. The molecule has 0 aliphatic heterocycles. The predicted octanol–water partition coefficient (Wildman–Crippen LogP) is 2.24. The first-order valence-corrected chi connectivity index (χ1v) is 7.23. The summed E-state index contributed by atoms with van der Waals surface area (Å²) in [7, 11) is 1.79. The number of anilines is 1. The van der Waals surface area contributed by atoms with E-state index in [1.54, 1.807) is 36.3 Å². The van der Waals surface area contributed by atoms with E-state index < -0.39 is 0 Å². The lowest BCUT2D eigenvalue weighted by Crippen LogP contribution is -1.95. The van der Waals surface area contributed by atoms with Gasteiger partial charge in [-0.25, -0.2) is 9.97 Å².